The number of carbonyl (C=O) groups excluding carboxylic acids is 1. The van der Waals surface area contributed by atoms with E-state index in [1.165, 1.54) is 5.56 Å². The first kappa shape index (κ1) is 15.7. The Hall–Kier alpha value is -2.14. The topological polar surface area (TPSA) is 46.4 Å². The Bertz CT molecular complexity index is 853. The SMILES string of the molecule is CCc1nc2ccc(Br)cn2c1C(=O)NCc1ccc(C)cc1. The number of aryl methyl sites for hydroxylation is 2. The normalized spacial score (nSPS) is 10.9. The number of amides is 1. The largest absolute Gasteiger partial charge is 0.347 e. The van der Waals surface area contributed by atoms with Crippen LogP contribution in [0.4, 0.5) is 0 Å². The van der Waals surface area contributed by atoms with Gasteiger partial charge in [-0.05, 0) is 47.0 Å². The summed E-state index contributed by atoms with van der Waals surface area (Å²) in [6.07, 6.45) is 2.59. The van der Waals surface area contributed by atoms with Gasteiger partial charge >= 0.3 is 0 Å². The summed E-state index contributed by atoms with van der Waals surface area (Å²) in [6.45, 7) is 4.56. The Morgan fingerprint density at radius 3 is 2.65 bits per heavy atom. The predicted octanol–water partition coefficient (Wildman–Crippen LogP) is 3.90. The summed E-state index contributed by atoms with van der Waals surface area (Å²) in [7, 11) is 0. The van der Waals surface area contributed by atoms with Crippen molar-refractivity contribution in [1.82, 2.24) is 14.7 Å². The van der Waals surface area contributed by atoms with E-state index in [9.17, 15) is 4.79 Å². The van der Waals surface area contributed by atoms with Crippen LogP contribution in [-0.2, 0) is 13.0 Å². The molecule has 4 nitrogen and oxygen atoms in total. The van der Waals surface area contributed by atoms with Crippen molar-refractivity contribution < 1.29 is 4.79 Å². The van der Waals surface area contributed by atoms with Crippen LogP contribution in [0.15, 0.2) is 47.1 Å². The predicted molar refractivity (Wildman–Crippen MR) is 94.6 cm³/mol. The van der Waals surface area contributed by atoms with Gasteiger partial charge < -0.3 is 5.32 Å². The minimum atomic E-state index is -0.104. The Balaban J connectivity index is 1.87. The lowest BCUT2D eigenvalue weighted by Gasteiger charge is -2.07. The summed E-state index contributed by atoms with van der Waals surface area (Å²) in [6, 6.07) is 12.0. The molecule has 0 radical (unpaired) electrons. The average Bonchev–Trinajstić information content (AvgIpc) is 2.91. The van der Waals surface area contributed by atoms with Crippen LogP contribution in [-0.4, -0.2) is 15.3 Å². The van der Waals surface area contributed by atoms with Gasteiger partial charge in [0.05, 0.1) is 5.69 Å². The average molecular weight is 372 g/mol. The molecule has 3 aromatic rings. The highest BCUT2D eigenvalue weighted by atomic mass is 79.9. The third kappa shape index (κ3) is 3.29. The van der Waals surface area contributed by atoms with Gasteiger partial charge in [0.2, 0.25) is 0 Å². The number of hydrogen-bond acceptors (Lipinski definition) is 2. The van der Waals surface area contributed by atoms with Crippen molar-refractivity contribution >= 4 is 27.5 Å². The lowest BCUT2D eigenvalue weighted by molar-refractivity contribution is 0.0944. The molecule has 0 aliphatic rings. The first-order chi connectivity index (χ1) is 11.1. The molecule has 0 unspecified atom stereocenters. The van der Waals surface area contributed by atoms with Crippen molar-refractivity contribution in [2.24, 2.45) is 0 Å². The molecule has 0 spiro atoms. The molecule has 5 heteroatoms. The molecule has 3 rings (SSSR count). The Morgan fingerprint density at radius 1 is 1.22 bits per heavy atom. The van der Waals surface area contributed by atoms with E-state index in [0.717, 1.165) is 21.4 Å². The van der Waals surface area contributed by atoms with Gasteiger partial charge in [0.25, 0.3) is 5.91 Å². The highest BCUT2D eigenvalue weighted by molar-refractivity contribution is 9.10. The van der Waals surface area contributed by atoms with Crippen LogP contribution in [0.5, 0.6) is 0 Å². The lowest BCUT2D eigenvalue weighted by atomic mass is 10.1. The third-order valence-corrected chi connectivity index (χ3v) is 4.25. The summed E-state index contributed by atoms with van der Waals surface area (Å²) in [5.74, 6) is -0.104. The van der Waals surface area contributed by atoms with Crippen molar-refractivity contribution in [2.45, 2.75) is 26.8 Å². The van der Waals surface area contributed by atoms with E-state index in [-0.39, 0.29) is 5.91 Å². The van der Waals surface area contributed by atoms with Crippen molar-refractivity contribution in [3.05, 3.63) is 69.6 Å². The number of imidazole rings is 1. The van der Waals surface area contributed by atoms with E-state index in [2.05, 4.69) is 26.2 Å². The smallest absolute Gasteiger partial charge is 0.270 e. The Morgan fingerprint density at radius 2 is 1.96 bits per heavy atom. The van der Waals surface area contributed by atoms with Crippen LogP contribution in [0.2, 0.25) is 0 Å². The van der Waals surface area contributed by atoms with Gasteiger partial charge in [0.15, 0.2) is 0 Å². The first-order valence-corrected chi connectivity index (χ1v) is 8.38. The minimum Gasteiger partial charge on any atom is -0.347 e. The van der Waals surface area contributed by atoms with Gasteiger partial charge in [-0.1, -0.05) is 36.8 Å². The molecule has 23 heavy (non-hydrogen) atoms. The Kier molecular flexibility index (Phi) is 4.48. The molecular formula is C18H18BrN3O. The highest BCUT2D eigenvalue weighted by Crippen LogP contribution is 2.18. The standard InChI is InChI=1S/C18H18BrN3O/c1-3-15-17(22-11-14(19)8-9-16(22)21-15)18(23)20-10-13-6-4-12(2)5-7-13/h4-9,11H,3,10H2,1-2H3,(H,20,23). The zero-order valence-electron chi connectivity index (χ0n) is 13.1. The fourth-order valence-corrected chi connectivity index (χ4v) is 2.86. The molecule has 1 aromatic carbocycles. The number of carbonyl (C=O) groups is 1. The fourth-order valence-electron chi connectivity index (χ4n) is 2.53. The van der Waals surface area contributed by atoms with Crippen molar-refractivity contribution in [3.63, 3.8) is 0 Å². The van der Waals surface area contributed by atoms with Crippen LogP contribution in [0.3, 0.4) is 0 Å². The number of aromatic nitrogens is 2. The van der Waals surface area contributed by atoms with Crippen LogP contribution >= 0.6 is 15.9 Å². The Labute approximate surface area is 143 Å². The molecule has 0 saturated heterocycles. The summed E-state index contributed by atoms with van der Waals surface area (Å²) in [5, 5.41) is 2.99. The van der Waals surface area contributed by atoms with Crippen LogP contribution in [0, 0.1) is 6.92 Å². The second kappa shape index (κ2) is 6.54. The lowest BCUT2D eigenvalue weighted by Crippen LogP contribution is -2.25. The molecule has 0 saturated carbocycles. The zero-order valence-corrected chi connectivity index (χ0v) is 14.7. The maximum atomic E-state index is 12.7. The van der Waals surface area contributed by atoms with E-state index in [1.807, 2.05) is 60.8 Å². The molecule has 0 bridgehead atoms. The highest BCUT2D eigenvalue weighted by Gasteiger charge is 2.18. The first-order valence-electron chi connectivity index (χ1n) is 7.58. The van der Waals surface area contributed by atoms with E-state index >= 15 is 0 Å². The fraction of sp³-hybridized carbons (Fsp3) is 0.222. The summed E-state index contributed by atoms with van der Waals surface area (Å²) < 4.78 is 2.76. The molecule has 0 atom stereocenters. The number of benzene rings is 1. The van der Waals surface area contributed by atoms with Crippen LogP contribution in [0.1, 0.15) is 34.2 Å². The second-order valence-electron chi connectivity index (χ2n) is 5.50. The zero-order chi connectivity index (χ0) is 16.4. The van der Waals surface area contributed by atoms with E-state index in [1.54, 1.807) is 0 Å². The number of hydrogen-bond donors (Lipinski definition) is 1. The summed E-state index contributed by atoms with van der Waals surface area (Å²) in [4.78, 5) is 17.2. The molecule has 0 aliphatic heterocycles. The van der Waals surface area contributed by atoms with Gasteiger partial charge in [0.1, 0.15) is 11.3 Å². The van der Waals surface area contributed by atoms with Crippen molar-refractivity contribution in [2.75, 3.05) is 0 Å². The van der Waals surface area contributed by atoms with Gasteiger partial charge in [-0.3, -0.25) is 9.20 Å². The number of rotatable bonds is 4. The van der Waals surface area contributed by atoms with Gasteiger partial charge in [-0.2, -0.15) is 0 Å². The molecule has 2 aromatic heterocycles. The molecule has 0 fully saturated rings. The van der Waals surface area contributed by atoms with Gasteiger partial charge in [-0.25, -0.2) is 4.98 Å². The molecule has 1 amide bonds. The van der Waals surface area contributed by atoms with Crippen LogP contribution in [0.25, 0.3) is 5.65 Å². The number of nitrogens with one attached hydrogen (secondary N) is 1. The molecule has 0 aliphatic carbocycles. The monoisotopic (exact) mass is 371 g/mol. The van der Waals surface area contributed by atoms with Gasteiger partial charge in [0, 0.05) is 17.2 Å². The van der Waals surface area contributed by atoms with Crippen molar-refractivity contribution in [1.29, 1.82) is 0 Å². The number of halogens is 1. The third-order valence-electron chi connectivity index (χ3n) is 3.78. The molecule has 2 heterocycles. The maximum Gasteiger partial charge on any atom is 0.270 e. The second-order valence-corrected chi connectivity index (χ2v) is 6.42. The molecule has 118 valence electrons. The number of nitrogens with zero attached hydrogens (tertiary/aromatic N) is 2. The maximum absolute atomic E-state index is 12.7. The number of pyridine rings is 1. The van der Waals surface area contributed by atoms with E-state index in [4.69, 9.17) is 0 Å². The summed E-state index contributed by atoms with van der Waals surface area (Å²) in [5.41, 5.74) is 4.49. The van der Waals surface area contributed by atoms with E-state index in [0.29, 0.717) is 18.7 Å². The van der Waals surface area contributed by atoms with E-state index < -0.39 is 0 Å². The molecule has 1 N–H and O–H groups in total. The molecular weight excluding hydrogens is 354 g/mol. The summed E-state index contributed by atoms with van der Waals surface area (Å²) >= 11 is 3.45. The van der Waals surface area contributed by atoms with Crippen LogP contribution < -0.4 is 5.32 Å². The van der Waals surface area contributed by atoms with Gasteiger partial charge in [-0.15, -0.1) is 0 Å². The quantitative estimate of drug-likeness (QED) is 0.755. The minimum absolute atomic E-state index is 0.104. The van der Waals surface area contributed by atoms with Crippen molar-refractivity contribution in [3.8, 4) is 0 Å². The number of fused-ring (bicyclic) bond motifs is 1.